The lowest BCUT2D eigenvalue weighted by molar-refractivity contribution is 0.415. The topological polar surface area (TPSA) is 42.1 Å². The SMILES string of the molecule is COc1ccc2cc(=O)[nH]c(Cl)c2c1. The highest BCUT2D eigenvalue weighted by Crippen LogP contribution is 2.23. The molecule has 0 radical (unpaired) electrons. The van der Waals surface area contributed by atoms with Crippen LogP contribution in [0.2, 0.25) is 5.15 Å². The van der Waals surface area contributed by atoms with Gasteiger partial charge in [0.1, 0.15) is 10.9 Å². The Balaban J connectivity index is 2.82. The number of pyridine rings is 1. The number of nitrogens with one attached hydrogen (secondary N) is 1. The number of ether oxygens (including phenoxy) is 1. The summed E-state index contributed by atoms with van der Waals surface area (Å²) in [6.45, 7) is 0. The summed E-state index contributed by atoms with van der Waals surface area (Å²) in [7, 11) is 1.58. The molecule has 0 spiro atoms. The normalized spacial score (nSPS) is 10.4. The fourth-order valence-electron chi connectivity index (χ4n) is 1.33. The Kier molecular flexibility index (Phi) is 2.17. The van der Waals surface area contributed by atoms with Crippen LogP contribution in [0.3, 0.4) is 0 Å². The smallest absolute Gasteiger partial charge is 0.249 e. The van der Waals surface area contributed by atoms with Crippen molar-refractivity contribution in [3.05, 3.63) is 39.8 Å². The van der Waals surface area contributed by atoms with Crippen molar-refractivity contribution in [2.75, 3.05) is 7.11 Å². The van der Waals surface area contributed by atoms with Crippen LogP contribution in [0.25, 0.3) is 10.8 Å². The molecule has 0 atom stereocenters. The molecule has 1 N–H and O–H groups in total. The minimum atomic E-state index is -0.201. The van der Waals surface area contributed by atoms with E-state index in [0.29, 0.717) is 10.9 Å². The fourth-order valence-corrected chi connectivity index (χ4v) is 1.59. The van der Waals surface area contributed by atoms with Gasteiger partial charge in [-0.2, -0.15) is 0 Å². The summed E-state index contributed by atoms with van der Waals surface area (Å²) in [4.78, 5) is 13.6. The highest BCUT2D eigenvalue weighted by atomic mass is 35.5. The summed E-state index contributed by atoms with van der Waals surface area (Å²) in [6, 6.07) is 6.88. The van der Waals surface area contributed by atoms with Gasteiger partial charge >= 0.3 is 0 Å². The maximum Gasteiger partial charge on any atom is 0.249 e. The van der Waals surface area contributed by atoms with Crippen LogP contribution >= 0.6 is 11.6 Å². The molecule has 72 valence electrons. The Morgan fingerprint density at radius 3 is 2.86 bits per heavy atom. The third kappa shape index (κ3) is 1.46. The van der Waals surface area contributed by atoms with Gasteiger partial charge in [-0.3, -0.25) is 4.79 Å². The summed E-state index contributed by atoms with van der Waals surface area (Å²) in [5, 5.41) is 1.93. The second kappa shape index (κ2) is 3.35. The number of rotatable bonds is 1. The van der Waals surface area contributed by atoms with E-state index in [1.165, 1.54) is 6.07 Å². The number of methoxy groups -OCH3 is 1. The van der Waals surface area contributed by atoms with E-state index in [9.17, 15) is 4.79 Å². The summed E-state index contributed by atoms with van der Waals surface area (Å²) in [5.74, 6) is 0.714. The van der Waals surface area contributed by atoms with Gasteiger partial charge in [-0.05, 0) is 17.5 Å². The zero-order chi connectivity index (χ0) is 10.1. The highest BCUT2D eigenvalue weighted by Gasteiger charge is 2.02. The zero-order valence-corrected chi connectivity index (χ0v) is 8.26. The lowest BCUT2D eigenvalue weighted by Gasteiger charge is -2.03. The molecule has 0 aliphatic carbocycles. The van der Waals surface area contributed by atoms with Gasteiger partial charge < -0.3 is 9.72 Å². The molecule has 1 heterocycles. The van der Waals surface area contributed by atoms with Crippen LogP contribution in [-0.2, 0) is 0 Å². The number of aromatic nitrogens is 1. The molecule has 0 bridgehead atoms. The number of hydrogen-bond acceptors (Lipinski definition) is 2. The van der Waals surface area contributed by atoms with Crippen molar-refractivity contribution in [3.8, 4) is 5.75 Å². The van der Waals surface area contributed by atoms with Crippen molar-refractivity contribution in [3.63, 3.8) is 0 Å². The van der Waals surface area contributed by atoms with E-state index >= 15 is 0 Å². The Labute approximate surface area is 85.3 Å². The number of hydrogen-bond donors (Lipinski definition) is 1. The second-order valence-electron chi connectivity index (χ2n) is 2.90. The molecule has 0 saturated carbocycles. The van der Waals surface area contributed by atoms with Gasteiger partial charge in [0.05, 0.1) is 7.11 Å². The first-order valence-corrected chi connectivity index (χ1v) is 4.45. The molecule has 4 heteroatoms. The Bertz CT molecular complexity index is 533. The fraction of sp³-hybridized carbons (Fsp3) is 0.100. The molecular weight excluding hydrogens is 202 g/mol. The number of halogens is 1. The van der Waals surface area contributed by atoms with Crippen molar-refractivity contribution >= 4 is 22.4 Å². The van der Waals surface area contributed by atoms with Gasteiger partial charge in [-0.25, -0.2) is 0 Å². The lowest BCUT2D eigenvalue weighted by Crippen LogP contribution is -2.03. The molecule has 3 nitrogen and oxygen atoms in total. The van der Waals surface area contributed by atoms with E-state index in [4.69, 9.17) is 16.3 Å². The standard InChI is InChI=1S/C10H8ClNO2/c1-14-7-3-2-6-4-9(13)12-10(11)8(6)5-7/h2-5H,1H3,(H,12,13). The van der Waals surface area contributed by atoms with Gasteiger partial charge in [0, 0.05) is 11.5 Å². The molecule has 0 aliphatic rings. The molecule has 0 saturated heterocycles. The first-order valence-electron chi connectivity index (χ1n) is 4.07. The number of H-pyrrole nitrogens is 1. The Morgan fingerprint density at radius 2 is 2.14 bits per heavy atom. The first kappa shape index (κ1) is 9.09. The minimum absolute atomic E-state index is 0.201. The van der Waals surface area contributed by atoms with E-state index in [2.05, 4.69) is 4.98 Å². The van der Waals surface area contributed by atoms with Crippen molar-refractivity contribution in [2.45, 2.75) is 0 Å². The number of fused-ring (bicyclic) bond motifs is 1. The van der Waals surface area contributed by atoms with Gasteiger partial charge in [0.25, 0.3) is 0 Å². The average Bonchev–Trinajstić information content (AvgIpc) is 2.17. The van der Waals surface area contributed by atoms with Crippen LogP contribution in [0.4, 0.5) is 0 Å². The summed E-state index contributed by atoms with van der Waals surface area (Å²) >= 11 is 5.88. The van der Waals surface area contributed by atoms with Crippen LogP contribution in [0.5, 0.6) is 5.75 Å². The predicted molar refractivity (Wildman–Crippen MR) is 56.1 cm³/mol. The Morgan fingerprint density at radius 1 is 1.36 bits per heavy atom. The lowest BCUT2D eigenvalue weighted by atomic mass is 10.2. The zero-order valence-electron chi connectivity index (χ0n) is 7.50. The van der Waals surface area contributed by atoms with Crippen LogP contribution in [0.1, 0.15) is 0 Å². The predicted octanol–water partition coefficient (Wildman–Crippen LogP) is 2.19. The minimum Gasteiger partial charge on any atom is -0.497 e. The van der Waals surface area contributed by atoms with Gasteiger partial charge in [0.2, 0.25) is 5.56 Å². The monoisotopic (exact) mass is 209 g/mol. The van der Waals surface area contributed by atoms with E-state index in [1.807, 2.05) is 0 Å². The quantitative estimate of drug-likeness (QED) is 0.732. The maximum absolute atomic E-state index is 11.1. The third-order valence-corrected chi connectivity index (χ3v) is 2.31. The third-order valence-electron chi connectivity index (χ3n) is 2.02. The van der Waals surface area contributed by atoms with Crippen molar-refractivity contribution in [1.29, 1.82) is 0 Å². The molecule has 2 aromatic rings. The summed E-state index contributed by atoms with van der Waals surface area (Å²) < 4.78 is 5.06. The van der Waals surface area contributed by atoms with Crippen LogP contribution in [0.15, 0.2) is 29.1 Å². The van der Waals surface area contributed by atoms with Crippen LogP contribution in [-0.4, -0.2) is 12.1 Å². The van der Waals surface area contributed by atoms with Crippen molar-refractivity contribution in [1.82, 2.24) is 4.98 Å². The molecule has 0 fully saturated rings. The molecule has 1 aromatic heterocycles. The summed E-state index contributed by atoms with van der Waals surface area (Å²) in [6.07, 6.45) is 0. The number of aromatic amines is 1. The van der Waals surface area contributed by atoms with Gasteiger partial charge in [-0.15, -0.1) is 0 Å². The van der Waals surface area contributed by atoms with Crippen LogP contribution < -0.4 is 10.3 Å². The molecule has 0 aliphatic heterocycles. The van der Waals surface area contributed by atoms with E-state index < -0.39 is 0 Å². The van der Waals surface area contributed by atoms with E-state index in [1.54, 1.807) is 25.3 Å². The maximum atomic E-state index is 11.1. The van der Waals surface area contributed by atoms with Crippen LogP contribution in [0, 0.1) is 0 Å². The molecule has 1 aromatic carbocycles. The number of benzene rings is 1. The van der Waals surface area contributed by atoms with E-state index in [-0.39, 0.29) is 5.56 Å². The van der Waals surface area contributed by atoms with E-state index in [0.717, 1.165) is 10.8 Å². The second-order valence-corrected chi connectivity index (χ2v) is 3.28. The molecule has 14 heavy (non-hydrogen) atoms. The first-order chi connectivity index (χ1) is 6.70. The molecule has 0 unspecified atom stereocenters. The largest absolute Gasteiger partial charge is 0.497 e. The Hall–Kier alpha value is -1.48. The molecule has 0 amide bonds. The van der Waals surface area contributed by atoms with Gasteiger partial charge in [-0.1, -0.05) is 17.7 Å². The highest BCUT2D eigenvalue weighted by molar-refractivity contribution is 6.34. The summed E-state index contributed by atoms with van der Waals surface area (Å²) in [5.41, 5.74) is -0.201. The van der Waals surface area contributed by atoms with Crippen molar-refractivity contribution in [2.24, 2.45) is 0 Å². The molecule has 2 rings (SSSR count). The average molecular weight is 210 g/mol. The molecular formula is C10H8ClNO2. The van der Waals surface area contributed by atoms with Gasteiger partial charge in [0.15, 0.2) is 0 Å². The van der Waals surface area contributed by atoms with Crippen molar-refractivity contribution < 1.29 is 4.74 Å².